The number of rotatable bonds is 8. The summed E-state index contributed by atoms with van der Waals surface area (Å²) in [4.78, 5) is 10.3. The fourth-order valence-electron chi connectivity index (χ4n) is 1.56. The molecule has 0 bridgehead atoms. The fraction of sp³-hybridized carbons (Fsp3) is 0.727. The highest BCUT2D eigenvalue weighted by molar-refractivity contribution is 5.77. The lowest BCUT2D eigenvalue weighted by Crippen LogP contribution is -2.74. The van der Waals surface area contributed by atoms with Crippen molar-refractivity contribution in [2.45, 2.75) is 47.9 Å². The SMILES string of the molecule is C=CCC(F)(C(=O)[O-])C(F)(F)C(F)(F)C(F)(F)C(F)(F)C(F)(F)C(F)(F)F. The number of halogens is 14. The third-order valence-corrected chi connectivity index (χ3v) is 3.18. The van der Waals surface area contributed by atoms with Gasteiger partial charge in [-0.05, 0) is 0 Å². The van der Waals surface area contributed by atoms with Crippen LogP contribution >= 0.6 is 0 Å². The lowest BCUT2D eigenvalue weighted by molar-refractivity contribution is -0.448. The van der Waals surface area contributed by atoms with Crippen LogP contribution in [0.3, 0.4) is 0 Å². The predicted octanol–water partition coefficient (Wildman–Crippen LogP) is 3.76. The van der Waals surface area contributed by atoms with Gasteiger partial charge in [-0.25, -0.2) is 4.39 Å². The van der Waals surface area contributed by atoms with Crippen LogP contribution < -0.4 is 5.11 Å². The van der Waals surface area contributed by atoms with E-state index in [1.165, 1.54) is 0 Å². The van der Waals surface area contributed by atoms with E-state index in [-0.39, 0.29) is 6.08 Å². The molecule has 160 valence electrons. The molecule has 0 fully saturated rings. The van der Waals surface area contributed by atoms with Gasteiger partial charge < -0.3 is 9.90 Å². The highest BCUT2D eigenvalue weighted by atomic mass is 19.4. The Labute approximate surface area is 139 Å². The number of carboxylic acid groups (broad SMARTS) is 1. The van der Waals surface area contributed by atoms with Crippen LogP contribution in [0.5, 0.6) is 0 Å². The van der Waals surface area contributed by atoms with Gasteiger partial charge in [0.15, 0.2) is 0 Å². The van der Waals surface area contributed by atoms with Crippen molar-refractivity contribution >= 4 is 5.97 Å². The second-order valence-electron chi connectivity index (χ2n) is 4.95. The Kier molecular flexibility index (Phi) is 5.97. The van der Waals surface area contributed by atoms with Gasteiger partial charge in [-0.2, -0.15) is 57.1 Å². The Morgan fingerprint density at radius 3 is 1.22 bits per heavy atom. The molecule has 0 rings (SSSR count). The molecule has 0 radical (unpaired) electrons. The van der Waals surface area contributed by atoms with Crippen LogP contribution in [0.4, 0.5) is 61.5 Å². The van der Waals surface area contributed by atoms with Gasteiger partial charge in [-0.15, -0.1) is 6.58 Å². The second kappa shape index (κ2) is 6.39. The van der Waals surface area contributed by atoms with E-state index in [0.717, 1.165) is 0 Å². The Balaban J connectivity index is 6.71. The first-order chi connectivity index (χ1) is 11.5. The zero-order valence-electron chi connectivity index (χ0n) is 12.1. The molecular weight excluding hydrogens is 430 g/mol. The van der Waals surface area contributed by atoms with E-state index < -0.39 is 53.8 Å². The summed E-state index contributed by atoms with van der Waals surface area (Å²) in [6, 6.07) is 0. The van der Waals surface area contributed by atoms with Gasteiger partial charge in [0, 0.05) is 6.42 Å². The first-order valence-corrected chi connectivity index (χ1v) is 5.97. The van der Waals surface area contributed by atoms with Crippen molar-refractivity contribution in [3.8, 4) is 0 Å². The van der Waals surface area contributed by atoms with Crippen molar-refractivity contribution < 1.29 is 71.4 Å². The summed E-state index contributed by atoms with van der Waals surface area (Å²) in [5.74, 6) is -44.0. The quantitative estimate of drug-likeness (QED) is 0.431. The minimum atomic E-state index is -8.30. The summed E-state index contributed by atoms with van der Waals surface area (Å²) in [5, 5.41) is 10.3. The number of carbonyl (C=O) groups is 1. The van der Waals surface area contributed by atoms with Crippen LogP contribution in [0.25, 0.3) is 0 Å². The molecule has 0 aliphatic heterocycles. The van der Waals surface area contributed by atoms with Gasteiger partial charge in [-0.3, -0.25) is 0 Å². The van der Waals surface area contributed by atoms with E-state index in [2.05, 4.69) is 6.58 Å². The molecule has 0 aliphatic rings. The van der Waals surface area contributed by atoms with Crippen molar-refractivity contribution in [3.63, 3.8) is 0 Å². The molecule has 0 aromatic heterocycles. The van der Waals surface area contributed by atoms with Crippen LogP contribution in [0.2, 0.25) is 0 Å². The number of carboxylic acids is 1. The van der Waals surface area contributed by atoms with Crippen LogP contribution in [-0.4, -0.2) is 47.4 Å². The molecule has 0 aromatic carbocycles. The first kappa shape index (κ1) is 25.2. The van der Waals surface area contributed by atoms with Gasteiger partial charge in [0.1, 0.15) is 0 Å². The van der Waals surface area contributed by atoms with Crippen LogP contribution in [0, 0.1) is 0 Å². The molecule has 0 N–H and O–H groups in total. The van der Waals surface area contributed by atoms with Gasteiger partial charge in [0.2, 0.25) is 5.67 Å². The standard InChI is InChI=1S/C11H6F14O2/c1-2-3-5(12,4(26)27)6(13,14)7(15,16)8(17,18)9(19,20)10(21,22)11(23,24)25/h2H,1,3H2,(H,26,27)/p-1. The number of hydrogen-bond donors (Lipinski definition) is 0. The first-order valence-electron chi connectivity index (χ1n) is 5.97. The third kappa shape index (κ3) is 3.09. The van der Waals surface area contributed by atoms with E-state index in [1.54, 1.807) is 0 Å². The average Bonchev–Trinajstić information content (AvgIpc) is 2.44. The van der Waals surface area contributed by atoms with Crippen LogP contribution in [0.1, 0.15) is 6.42 Å². The molecule has 0 saturated carbocycles. The molecule has 16 heteroatoms. The number of aliphatic carboxylic acids is 1. The predicted molar refractivity (Wildman–Crippen MR) is 54.4 cm³/mol. The monoisotopic (exact) mass is 435 g/mol. The molecule has 1 unspecified atom stereocenters. The topological polar surface area (TPSA) is 40.1 Å². The maximum atomic E-state index is 13.7. The van der Waals surface area contributed by atoms with Gasteiger partial charge in [0.05, 0.1) is 5.97 Å². The molecule has 0 spiro atoms. The van der Waals surface area contributed by atoms with Crippen molar-refractivity contribution in [2.75, 3.05) is 0 Å². The number of hydrogen-bond acceptors (Lipinski definition) is 2. The Bertz CT molecular complexity index is 592. The third-order valence-electron chi connectivity index (χ3n) is 3.18. The lowest BCUT2D eigenvalue weighted by atomic mass is 9.83. The second-order valence-corrected chi connectivity index (χ2v) is 4.95. The van der Waals surface area contributed by atoms with E-state index in [9.17, 15) is 71.4 Å². The molecule has 2 nitrogen and oxygen atoms in total. The van der Waals surface area contributed by atoms with E-state index in [4.69, 9.17) is 0 Å². The van der Waals surface area contributed by atoms with Crippen molar-refractivity contribution in [2.24, 2.45) is 0 Å². The van der Waals surface area contributed by atoms with E-state index >= 15 is 0 Å². The summed E-state index contributed by atoms with van der Waals surface area (Å²) in [7, 11) is 0. The molecule has 0 heterocycles. The molecule has 0 amide bonds. The van der Waals surface area contributed by atoms with E-state index in [0.29, 0.717) is 0 Å². The molecule has 0 aromatic rings. The van der Waals surface area contributed by atoms with Gasteiger partial charge >= 0.3 is 35.8 Å². The van der Waals surface area contributed by atoms with Crippen molar-refractivity contribution in [1.82, 2.24) is 0 Å². The maximum absolute atomic E-state index is 13.7. The summed E-state index contributed by atoms with van der Waals surface area (Å²) >= 11 is 0. The summed E-state index contributed by atoms with van der Waals surface area (Å²) in [6.07, 6.45) is -10.4. The zero-order valence-corrected chi connectivity index (χ0v) is 12.1. The smallest absolute Gasteiger partial charge is 0.460 e. The summed E-state index contributed by atoms with van der Waals surface area (Å²) in [5.41, 5.74) is -5.93. The van der Waals surface area contributed by atoms with Crippen molar-refractivity contribution in [3.05, 3.63) is 12.7 Å². The van der Waals surface area contributed by atoms with Crippen LogP contribution in [0.15, 0.2) is 12.7 Å². The molecular formula is C11H5F14O2-. The van der Waals surface area contributed by atoms with Crippen molar-refractivity contribution in [1.29, 1.82) is 0 Å². The normalized spacial score (nSPS) is 17.4. The minimum Gasteiger partial charge on any atom is -0.546 e. The van der Waals surface area contributed by atoms with Crippen LogP contribution in [-0.2, 0) is 4.79 Å². The average molecular weight is 435 g/mol. The largest absolute Gasteiger partial charge is 0.546 e. The van der Waals surface area contributed by atoms with Gasteiger partial charge in [0.25, 0.3) is 0 Å². The summed E-state index contributed by atoms with van der Waals surface area (Å²) in [6.45, 7) is 2.39. The Morgan fingerprint density at radius 1 is 0.667 bits per heavy atom. The number of alkyl halides is 14. The molecule has 27 heavy (non-hydrogen) atoms. The molecule has 0 aliphatic carbocycles. The highest BCUT2D eigenvalue weighted by Crippen LogP contribution is 2.62. The number of allylic oxidation sites excluding steroid dienone is 1. The Hall–Kier alpha value is -1.77. The Morgan fingerprint density at radius 2 is 0.963 bits per heavy atom. The van der Waals surface area contributed by atoms with E-state index in [1.807, 2.05) is 0 Å². The number of carbonyl (C=O) groups excluding carboxylic acids is 1. The lowest BCUT2D eigenvalue weighted by Gasteiger charge is -2.43. The fourth-order valence-corrected chi connectivity index (χ4v) is 1.56. The highest BCUT2D eigenvalue weighted by Gasteiger charge is 2.92. The molecule has 1 atom stereocenters. The molecule has 0 saturated heterocycles. The maximum Gasteiger partial charge on any atom is 0.460 e. The minimum absolute atomic E-state index is 0.236. The zero-order chi connectivity index (χ0) is 22.5. The van der Waals surface area contributed by atoms with Gasteiger partial charge in [-0.1, -0.05) is 6.08 Å². The summed E-state index contributed by atoms with van der Waals surface area (Å²) < 4.78 is 180.